The van der Waals surface area contributed by atoms with Gasteiger partial charge in [0.05, 0.1) is 6.61 Å². The van der Waals surface area contributed by atoms with Crippen LogP contribution in [0.25, 0.3) is 0 Å². The number of esters is 1. The summed E-state index contributed by atoms with van der Waals surface area (Å²) in [4.78, 5) is 11.4. The Morgan fingerprint density at radius 1 is 1.56 bits per heavy atom. The maximum Gasteiger partial charge on any atom is 0.305 e. The van der Waals surface area contributed by atoms with E-state index in [4.69, 9.17) is 9.47 Å². The number of nitrogens with one attached hydrogen (secondary N) is 1. The molecule has 0 aromatic rings. The second-order valence-corrected chi connectivity index (χ2v) is 4.71. The monoisotopic (exact) mass is 229 g/mol. The summed E-state index contributed by atoms with van der Waals surface area (Å²) in [5, 5.41) is 3.25. The van der Waals surface area contributed by atoms with Gasteiger partial charge in [-0.25, -0.2) is 0 Å². The summed E-state index contributed by atoms with van der Waals surface area (Å²) in [6, 6.07) is 0.323. The summed E-state index contributed by atoms with van der Waals surface area (Å²) in [6.07, 6.45) is 3.63. The largest absolute Gasteiger partial charge is 0.461 e. The zero-order valence-corrected chi connectivity index (χ0v) is 10.5. The van der Waals surface area contributed by atoms with Crippen molar-refractivity contribution >= 4 is 5.97 Å². The minimum absolute atomic E-state index is 0.125. The average molecular weight is 229 g/mol. The molecule has 1 N–H and O–H groups in total. The van der Waals surface area contributed by atoms with E-state index in [-0.39, 0.29) is 5.97 Å². The van der Waals surface area contributed by atoms with E-state index < -0.39 is 5.72 Å². The lowest BCUT2D eigenvalue weighted by atomic mass is 10.2. The van der Waals surface area contributed by atoms with Crippen LogP contribution in [-0.2, 0) is 14.3 Å². The molecule has 1 rings (SSSR count). The molecular weight excluding hydrogens is 206 g/mol. The molecule has 1 saturated heterocycles. The van der Waals surface area contributed by atoms with E-state index in [1.54, 1.807) is 0 Å². The minimum atomic E-state index is -0.500. The molecule has 0 spiro atoms. The van der Waals surface area contributed by atoms with Crippen LogP contribution in [-0.4, -0.2) is 30.9 Å². The van der Waals surface area contributed by atoms with Gasteiger partial charge in [-0.1, -0.05) is 19.8 Å². The molecule has 0 aromatic carbocycles. The topological polar surface area (TPSA) is 47.6 Å². The van der Waals surface area contributed by atoms with Crippen LogP contribution in [0.4, 0.5) is 0 Å². The van der Waals surface area contributed by atoms with Gasteiger partial charge in [-0.05, 0) is 20.3 Å². The second kappa shape index (κ2) is 6.21. The van der Waals surface area contributed by atoms with Crippen LogP contribution >= 0.6 is 0 Å². The predicted octanol–water partition coefficient (Wildman–Crippen LogP) is 1.83. The third-order valence-electron chi connectivity index (χ3n) is 2.70. The Hall–Kier alpha value is -0.610. The third-order valence-corrected chi connectivity index (χ3v) is 2.70. The molecule has 0 saturated carbocycles. The lowest BCUT2D eigenvalue weighted by Gasteiger charge is -2.23. The Morgan fingerprint density at radius 2 is 2.31 bits per heavy atom. The Labute approximate surface area is 97.7 Å². The van der Waals surface area contributed by atoms with Gasteiger partial charge in [0.15, 0.2) is 5.72 Å². The molecule has 2 atom stereocenters. The number of hydrogen-bond donors (Lipinski definition) is 1. The smallest absolute Gasteiger partial charge is 0.305 e. The number of carbonyl (C=O) groups is 1. The van der Waals surface area contributed by atoms with E-state index in [2.05, 4.69) is 12.2 Å². The summed E-state index contributed by atoms with van der Waals surface area (Å²) in [6.45, 7) is 7.04. The van der Waals surface area contributed by atoms with Crippen molar-refractivity contribution in [3.63, 3.8) is 0 Å². The summed E-state index contributed by atoms with van der Waals surface area (Å²) in [5.41, 5.74) is -0.500. The van der Waals surface area contributed by atoms with Gasteiger partial charge in [0.25, 0.3) is 0 Å². The van der Waals surface area contributed by atoms with Crippen molar-refractivity contribution in [2.75, 3.05) is 13.2 Å². The van der Waals surface area contributed by atoms with Crippen LogP contribution in [0.15, 0.2) is 0 Å². The maximum absolute atomic E-state index is 11.4. The Balaban J connectivity index is 2.16. The van der Waals surface area contributed by atoms with E-state index >= 15 is 0 Å². The van der Waals surface area contributed by atoms with Crippen molar-refractivity contribution in [3.8, 4) is 0 Å². The van der Waals surface area contributed by atoms with Crippen molar-refractivity contribution in [1.82, 2.24) is 5.32 Å². The molecule has 4 heteroatoms. The molecule has 1 unspecified atom stereocenters. The van der Waals surface area contributed by atoms with Gasteiger partial charge in [0.1, 0.15) is 6.61 Å². The highest BCUT2D eigenvalue weighted by Crippen LogP contribution is 2.16. The molecule has 0 aliphatic carbocycles. The fraction of sp³-hybridized carbons (Fsp3) is 0.917. The first-order chi connectivity index (χ1) is 7.56. The van der Waals surface area contributed by atoms with Gasteiger partial charge in [-0.2, -0.15) is 0 Å². The highest BCUT2D eigenvalue weighted by Gasteiger charge is 2.34. The first-order valence-corrected chi connectivity index (χ1v) is 6.13. The summed E-state index contributed by atoms with van der Waals surface area (Å²) < 4.78 is 10.7. The van der Waals surface area contributed by atoms with E-state index in [1.807, 2.05) is 13.8 Å². The van der Waals surface area contributed by atoms with Gasteiger partial charge >= 0.3 is 5.97 Å². The van der Waals surface area contributed by atoms with Crippen molar-refractivity contribution in [2.45, 2.75) is 58.2 Å². The molecule has 4 nitrogen and oxygen atoms in total. The van der Waals surface area contributed by atoms with Crippen LogP contribution in [0.1, 0.15) is 46.5 Å². The Bertz CT molecular complexity index is 232. The molecule has 0 radical (unpaired) electrons. The lowest BCUT2D eigenvalue weighted by Crippen LogP contribution is -2.45. The fourth-order valence-electron chi connectivity index (χ4n) is 1.81. The van der Waals surface area contributed by atoms with Gasteiger partial charge in [0.2, 0.25) is 0 Å². The van der Waals surface area contributed by atoms with Crippen molar-refractivity contribution < 1.29 is 14.3 Å². The van der Waals surface area contributed by atoms with E-state index in [0.29, 0.717) is 25.7 Å². The molecule has 1 fully saturated rings. The quantitative estimate of drug-likeness (QED) is 0.557. The van der Waals surface area contributed by atoms with Gasteiger partial charge in [0, 0.05) is 12.5 Å². The predicted molar refractivity (Wildman–Crippen MR) is 62.1 cm³/mol. The molecule has 0 amide bonds. The van der Waals surface area contributed by atoms with Crippen LogP contribution in [0.2, 0.25) is 0 Å². The number of ether oxygens (including phenoxy) is 2. The first-order valence-electron chi connectivity index (χ1n) is 6.13. The van der Waals surface area contributed by atoms with Gasteiger partial charge in [-0.15, -0.1) is 0 Å². The number of unbranched alkanes of at least 4 members (excludes halogenated alkanes) is 2. The SMILES string of the molecule is CCCCCC(=O)OCC1(C)N[C@H](C)CO1. The normalized spacial score (nSPS) is 29.3. The summed E-state index contributed by atoms with van der Waals surface area (Å²) in [5.74, 6) is -0.125. The van der Waals surface area contributed by atoms with Crippen LogP contribution < -0.4 is 5.32 Å². The fourth-order valence-corrected chi connectivity index (χ4v) is 1.81. The van der Waals surface area contributed by atoms with Crippen molar-refractivity contribution in [3.05, 3.63) is 0 Å². The summed E-state index contributed by atoms with van der Waals surface area (Å²) in [7, 11) is 0. The molecule has 1 aliphatic rings. The van der Waals surface area contributed by atoms with Crippen LogP contribution in [0.3, 0.4) is 0 Å². The standard InChI is InChI=1S/C12H23NO3/c1-4-5-6-7-11(14)15-9-12(3)13-10(2)8-16-12/h10,13H,4-9H2,1-3H3/t10-,12?/m1/s1. The van der Waals surface area contributed by atoms with E-state index in [1.165, 1.54) is 0 Å². The van der Waals surface area contributed by atoms with Gasteiger partial charge in [-0.3, -0.25) is 10.1 Å². The average Bonchev–Trinajstić information content (AvgIpc) is 2.57. The van der Waals surface area contributed by atoms with E-state index in [0.717, 1.165) is 19.3 Å². The summed E-state index contributed by atoms with van der Waals surface area (Å²) >= 11 is 0. The van der Waals surface area contributed by atoms with Gasteiger partial charge < -0.3 is 9.47 Å². The molecular formula is C12H23NO3. The molecule has 0 aromatic heterocycles. The second-order valence-electron chi connectivity index (χ2n) is 4.71. The zero-order valence-electron chi connectivity index (χ0n) is 10.5. The lowest BCUT2D eigenvalue weighted by molar-refractivity contribution is -0.152. The minimum Gasteiger partial charge on any atom is -0.461 e. The van der Waals surface area contributed by atoms with Crippen LogP contribution in [0, 0.1) is 0 Å². The first kappa shape index (κ1) is 13.5. The highest BCUT2D eigenvalue weighted by molar-refractivity contribution is 5.69. The maximum atomic E-state index is 11.4. The van der Waals surface area contributed by atoms with Crippen LogP contribution in [0.5, 0.6) is 0 Å². The van der Waals surface area contributed by atoms with Crippen molar-refractivity contribution in [1.29, 1.82) is 0 Å². The molecule has 1 heterocycles. The molecule has 0 bridgehead atoms. The zero-order chi connectivity index (χ0) is 12.0. The van der Waals surface area contributed by atoms with Crippen molar-refractivity contribution in [2.24, 2.45) is 0 Å². The highest BCUT2D eigenvalue weighted by atomic mass is 16.6. The Morgan fingerprint density at radius 3 is 2.88 bits per heavy atom. The number of hydrogen-bond acceptors (Lipinski definition) is 4. The molecule has 16 heavy (non-hydrogen) atoms. The Kier molecular flexibility index (Phi) is 5.22. The number of rotatable bonds is 6. The molecule has 1 aliphatic heterocycles. The third kappa shape index (κ3) is 4.49. The number of carbonyl (C=O) groups excluding carboxylic acids is 1. The van der Waals surface area contributed by atoms with E-state index in [9.17, 15) is 4.79 Å². The molecule has 94 valence electrons.